The van der Waals surface area contributed by atoms with E-state index in [0.29, 0.717) is 23.5 Å². The number of nitrogens with zero attached hydrogens (tertiary/aromatic N) is 1. The van der Waals surface area contributed by atoms with Gasteiger partial charge < -0.3 is 13.6 Å². The first-order chi connectivity index (χ1) is 15.1. The van der Waals surface area contributed by atoms with Crippen LogP contribution in [0, 0.1) is 0 Å². The molecule has 31 heavy (non-hydrogen) atoms. The van der Waals surface area contributed by atoms with Crippen LogP contribution in [0.1, 0.15) is 23.0 Å². The van der Waals surface area contributed by atoms with Gasteiger partial charge in [-0.3, -0.25) is 14.4 Å². The molecule has 7 heteroatoms. The number of para-hydroxylation sites is 1. The van der Waals surface area contributed by atoms with Crippen molar-refractivity contribution in [1.82, 2.24) is 0 Å². The fourth-order valence-electron chi connectivity index (χ4n) is 3.22. The maximum atomic E-state index is 13.3. The Morgan fingerprint density at radius 1 is 0.806 bits per heavy atom. The summed E-state index contributed by atoms with van der Waals surface area (Å²) in [6.07, 6.45) is 6.39. The standard InChI is InChI=1S/C24H17NO6/c1-29-15-13-18-10-12-20(31-18)22-21(19-11-9-17(30-19)8-5-14-26)23(27)25(24(22)28)16-6-3-2-4-7-16/h2-15H,1H3. The van der Waals surface area contributed by atoms with Gasteiger partial charge in [-0.25, -0.2) is 4.90 Å². The minimum Gasteiger partial charge on any atom is -0.504 e. The number of methoxy groups -OCH3 is 1. The zero-order valence-corrected chi connectivity index (χ0v) is 16.5. The van der Waals surface area contributed by atoms with E-state index < -0.39 is 11.8 Å². The fraction of sp³-hybridized carbons (Fsp3) is 0.0417. The van der Waals surface area contributed by atoms with Gasteiger partial charge in [0, 0.05) is 6.08 Å². The van der Waals surface area contributed by atoms with Crippen molar-refractivity contribution >= 4 is 47.1 Å². The lowest BCUT2D eigenvalue weighted by atomic mass is 10.1. The molecule has 3 aromatic rings. The average molecular weight is 415 g/mol. The Bertz CT molecular complexity index is 1230. The monoisotopic (exact) mass is 415 g/mol. The van der Waals surface area contributed by atoms with E-state index >= 15 is 0 Å². The van der Waals surface area contributed by atoms with Crippen molar-refractivity contribution in [3.8, 4) is 0 Å². The summed E-state index contributed by atoms with van der Waals surface area (Å²) >= 11 is 0. The number of amides is 2. The lowest BCUT2D eigenvalue weighted by molar-refractivity contribution is -0.119. The van der Waals surface area contributed by atoms with Crippen molar-refractivity contribution in [1.29, 1.82) is 0 Å². The van der Waals surface area contributed by atoms with Crippen LogP contribution in [0.5, 0.6) is 0 Å². The number of anilines is 1. The Labute approximate surface area is 177 Å². The maximum Gasteiger partial charge on any atom is 0.270 e. The second-order valence-corrected chi connectivity index (χ2v) is 6.47. The van der Waals surface area contributed by atoms with Crippen molar-refractivity contribution in [2.75, 3.05) is 12.0 Å². The lowest BCUT2D eigenvalue weighted by Crippen LogP contribution is -2.31. The molecule has 2 amide bonds. The van der Waals surface area contributed by atoms with E-state index in [4.69, 9.17) is 13.6 Å². The van der Waals surface area contributed by atoms with Gasteiger partial charge in [0.25, 0.3) is 11.8 Å². The van der Waals surface area contributed by atoms with E-state index in [9.17, 15) is 14.4 Å². The number of allylic oxidation sites excluding steroid dienone is 1. The number of hydrogen-bond donors (Lipinski definition) is 0. The molecule has 0 bridgehead atoms. The average Bonchev–Trinajstić information content (AvgIpc) is 3.49. The molecule has 0 aliphatic carbocycles. The molecular weight excluding hydrogens is 398 g/mol. The summed E-state index contributed by atoms with van der Waals surface area (Å²) in [6, 6.07) is 15.1. The summed E-state index contributed by atoms with van der Waals surface area (Å²) in [4.78, 5) is 38.4. The van der Waals surface area contributed by atoms with Crippen molar-refractivity contribution in [2.24, 2.45) is 0 Å². The molecule has 0 saturated heterocycles. The zero-order chi connectivity index (χ0) is 21.8. The highest BCUT2D eigenvalue weighted by atomic mass is 16.5. The molecule has 0 unspecified atom stereocenters. The number of ether oxygens (including phenoxy) is 1. The van der Waals surface area contributed by atoms with Crippen LogP contribution in [-0.2, 0) is 19.1 Å². The first-order valence-electron chi connectivity index (χ1n) is 9.33. The van der Waals surface area contributed by atoms with E-state index in [1.807, 2.05) is 0 Å². The molecule has 0 radical (unpaired) electrons. The van der Waals surface area contributed by atoms with Gasteiger partial charge in [-0.05, 0) is 48.6 Å². The van der Waals surface area contributed by atoms with E-state index in [-0.39, 0.29) is 22.7 Å². The number of hydrogen-bond acceptors (Lipinski definition) is 6. The Morgan fingerprint density at radius 3 is 1.94 bits per heavy atom. The highest BCUT2D eigenvalue weighted by molar-refractivity contribution is 6.56. The van der Waals surface area contributed by atoms with Crippen LogP contribution in [0.15, 0.2) is 75.8 Å². The van der Waals surface area contributed by atoms with Crippen LogP contribution >= 0.6 is 0 Å². The van der Waals surface area contributed by atoms with Crippen molar-refractivity contribution in [3.05, 3.63) is 90.0 Å². The number of imide groups is 1. The molecule has 0 atom stereocenters. The topological polar surface area (TPSA) is 90.0 Å². The molecule has 0 saturated carbocycles. The zero-order valence-electron chi connectivity index (χ0n) is 16.5. The van der Waals surface area contributed by atoms with Gasteiger partial charge in [0.2, 0.25) is 0 Å². The quantitative estimate of drug-likeness (QED) is 0.249. The maximum absolute atomic E-state index is 13.3. The van der Waals surface area contributed by atoms with Crippen molar-refractivity contribution in [3.63, 3.8) is 0 Å². The van der Waals surface area contributed by atoms with Gasteiger partial charge in [-0.15, -0.1) is 0 Å². The van der Waals surface area contributed by atoms with Gasteiger partial charge in [-0.1, -0.05) is 18.2 Å². The van der Waals surface area contributed by atoms with Crippen molar-refractivity contribution in [2.45, 2.75) is 0 Å². The lowest BCUT2D eigenvalue weighted by Gasteiger charge is -2.14. The van der Waals surface area contributed by atoms with Crippen LogP contribution < -0.4 is 4.90 Å². The van der Waals surface area contributed by atoms with Gasteiger partial charge in [0.1, 0.15) is 29.3 Å². The third kappa shape index (κ3) is 3.76. The van der Waals surface area contributed by atoms with Crippen LogP contribution in [0.4, 0.5) is 5.69 Å². The van der Waals surface area contributed by atoms with Gasteiger partial charge >= 0.3 is 0 Å². The number of carbonyl (C=O) groups excluding carboxylic acids is 3. The summed E-state index contributed by atoms with van der Waals surface area (Å²) < 4.78 is 16.4. The SMILES string of the molecule is COC=Cc1ccc(C2=C(c3ccc(C=CC=O)o3)C(=O)N(c3ccccc3)C2=O)o1. The molecule has 2 aromatic heterocycles. The molecule has 0 fully saturated rings. The number of rotatable bonds is 7. The van der Waals surface area contributed by atoms with Gasteiger partial charge in [0.15, 0.2) is 0 Å². The molecular formula is C24H17NO6. The smallest absolute Gasteiger partial charge is 0.270 e. The Kier molecular flexibility index (Phi) is 5.49. The minimum atomic E-state index is -0.531. The summed E-state index contributed by atoms with van der Waals surface area (Å²) in [5.74, 6) is 0.194. The Hall–Kier alpha value is -4.39. The molecule has 1 aliphatic heterocycles. The number of aldehydes is 1. The first-order valence-corrected chi connectivity index (χ1v) is 9.33. The van der Waals surface area contributed by atoms with Crippen LogP contribution in [0.2, 0.25) is 0 Å². The predicted molar refractivity (Wildman–Crippen MR) is 114 cm³/mol. The minimum absolute atomic E-state index is 0.0798. The second-order valence-electron chi connectivity index (χ2n) is 6.47. The Morgan fingerprint density at radius 2 is 1.39 bits per heavy atom. The van der Waals surface area contributed by atoms with E-state index in [1.54, 1.807) is 60.7 Å². The van der Waals surface area contributed by atoms with Gasteiger partial charge in [-0.2, -0.15) is 0 Å². The molecule has 0 spiro atoms. The van der Waals surface area contributed by atoms with Crippen LogP contribution in [0.3, 0.4) is 0 Å². The molecule has 7 nitrogen and oxygen atoms in total. The Balaban J connectivity index is 1.84. The largest absolute Gasteiger partial charge is 0.504 e. The van der Waals surface area contributed by atoms with Crippen molar-refractivity contribution < 1.29 is 28.0 Å². The number of carbonyl (C=O) groups is 3. The van der Waals surface area contributed by atoms with Crippen LogP contribution in [-0.4, -0.2) is 25.2 Å². The second kappa shape index (κ2) is 8.54. The molecule has 0 N–H and O–H groups in total. The number of furan rings is 2. The van der Waals surface area contributed by atoms with E-state index in [1.165, 1.54) is 25.5 Å². The highest BCUT2D eigenvalue weighted by Crippen LogP contribution is 2.39. The molecule has 4 rings (SSSR count). The summed E-state index contributed by atoms with van der Waals surface area (Å²) in [7, 11) is 1.51. The molecule has 1 aromatic carbocycles. The summed E-state index contributed by atoms with van der Waals surface area (Å²) in [5.41, 5.74) is 0.603. The number of benzene rings is 1. The predicted octanol–water partition coefficient (Wildman–Crippen LogP) is 4.19. The molecule has 1 aliphatic rings. The van der Waals surface area contributed by atoms with E-state index in [0.717, 1.165) is 4.90 Å². The molecule has 3 heterocycles. The van der Waals surface area contributed by atoms with Crippen LogP contribution in [0.25, 0.3) is 23.3 Å². The third-order valence-corrected chi connectivity index (χ3v) is 4.55. The summed E-state index contributed by atoms with van der Waals surface area (Å²) in [5, 5.41) is 0. The van der Waals surface area contributed by atoms with E-state index in [2.05, 4.69) is 0 Å². The van der Waals surface area contributed by atoms with Gasteiger partial charge in [0.05, 0.1) is 30.2 Å². The third-order valence-electron chi connectivity index (χ3n) is 4.55. The first kappa shape index (κ1) is 19.9. The summed E-state index contributed by atoms with van der Waals surface area (Å²) in [6.45, 7) is 0. The normalized spacial score (nSPS) is 14.4. The molecule has 154 valence electrons. The highest BCUT2D eigenvalue weighted by Gasteiger charge is 2.43. The fourth-order valence-corrected chi connectivity index (χ4v) is 3.22.